The van der Waals surface area contributed by atoms with Gasteiger partial charge in [0, 0.05) is 25.0 Å². The molecule has 0 N–H and O–H groups in total. The summed E-state index contributed by atoms with van der Waals surface area (Å²) in [6, 6.07) is 6.12. The summed E-state index contributed by atoms with van der Waals surface area (Å²) in [4.78, 5) is 18.3. The number of nitrogens with zero attached hydrogens (tertiary/aromatic N) is 3. The number of rotatable bonds is 6. The van der Waals surface area contributed by atoms with Crippen LogP contribution in [0.5, 0.6) is 0 Å². The van der Waals surface area contributed by atoms with Crippen molar-refractivity contribution >= 4 is 5.91 Å². The van der Waals surface area contributed by atoms with Crippen molar-refractivity contribution in [3.8, 4) is 6.07 Å². The van der Waals surface area contributed by atoms with E-state index in [4.69, 9.17) is 5.26 Å². The summed E-state index contributed by atoms with van der Waals surface area (Å²) >= 11 is 0. The van der Waals surface area contributed by atoms with Gasteiger partial charge in [-0.25, -0.2) is 0 Å². The number of carbonyl (C=O) groups excluding carboxylic acids is 1. The zero-order valence-corrected chi connectivity index (χ0v) is 11.2. The standard InChI is InChI=1S/C15H19N3O/c1-12(14-5-6-14)18(9-3-7-16)15(19)10-13-4-2-8-17-11-13/h2,4,8,11-12,14H,3,5-6,9-10H2,1H3/t12-/m1/s1. The van der Waals surface area contributed by atoms with Crippen LogP contribution >= 0.6 is 0 Å². The van der Waals surface area contributed by atoms with Gasteiger partial charge in [0.1, 0.15) is 0 Å². The molecule has 0 aromatic carbocycles. The van der Waals surface area contributed by atoms with Crippen LogP contribution in [0.15, 0.2) is 24.5 Å². The Morgan fingerprint density at radius 1 is 1.63 bits per heavy atom. The van der Waals surface area contributed by atoms with Gasteiger partial charge in [-0.1, -0.05) is 6.07 Å². The third-order valence-electron chi connectivity index (χ3n) is 3.66. The average molecular weight is 257 g/mol. The minimum Gasteiger partial charge on any atom is -0.338 e. The van der Waals surface area contributed by atoms with E-state index in [0.29, 0.717) is 25.3 Å². The van der Waals surface area contributed by atoms with Crippen molar-refractivity contribution in [2.24, 2.45) is 5.92 Å². The third kappa shape index (κ3) is 3.78. The van der Waals surface area contributed by atoms with Crippen LogP contribution in [0.3, 0.4) is 0 Å². The first-order valence-electron chi connectivity index (χ1n) is 6.77. The van der Waals surface area contributed by atoms with Crippen molar-refractivity contribution in [2.75, 3.05) is 6.54 Å². The van der Waals surface area contributed by atoms with Crippen LogP contribution in [0.4, 0.5) is 0 Å². The second-order valence-corrected chi connectivity index (χ2v) is 5.11. The summed E-state index contributed by atoms with van der Waals surface area (Å²) in [5.74, 6) is 0.721. The Morgan fingerprint density at radius 3 is 3.00 bits per heavy atom. The van der Waals surface area contributed by atoms with E-state index >= 15 is 0 Å². The minimum atomic E-state index is 0.0997. The highest BCUT2D eigenvalue weighted by Gasteiger charge is 2.33. The monoisotopic (exact) mass is 257 g/mol. The molecule has 1 aliphatic rings. The summed E-state index contributed by atoms with van der Waals surface area (Å²) in [6.07, 6.45) is 6.59. The molecule has 100 valence electrons. The number of amides is 1. The summed E-state index contributed by atoms with van der Waals surface area (Å²) in [5.41, 5.74) is 0.928. The fraction of sp³-hybridized carbons (Fsp3) is 0.533. The Bertz CT molecular complexity index is 462. The Labute approximate surface area is 114 Å². The Morgan fingerprint density at radius 2 is 2.42 bits per heavy atom. The lowest BCUT2D eigenvalue weighted by atomic mass is 10.1. The number of carbonyl (C=O) groups is 1. The van der Waals surface area contributed by atoms with Gasteiger partial charge in [0.15, 0.2) is 0 Å². The van der Waals surface area contributed by atoms with E-state index in [-0.39, 0.29) is 11.9 Å². The van der Waals surface area contributed by atoms with E-state index in [0.717, 1.165) is 5.56 Å². The maximum absolute atomic E-state index is 12.4. The van der Waals surface area contributed by atoms with E-state index in [1.54, 1.807) is 12.4 Å². The van der Waals surface area contributed by atoms with Crippen LogP contribution < -0.4 is 0 Å². The van der Waals surface area contributed by atoms with Gasteiger partial charge in [-0.3, -0.25) is 9.78 Å². The maximum Gasteiger partial charge on any atom is 0.227 e. The normalized spacial score (nSPS) is 15.6. The number of hydrogen-bond donors (Lipinski definition) is 0. The molecule has 1 aromatic heterocycles. The Balaban J connectivity index is 2.00. The molecule has 1 aliphatic carbocycles. The lowest BCUT2D eigenvalue weighted by molar-refractivity contribution is -0.132. The number of nitriles is 1. The van der Waals surface area contributed by atoms with E-state index in [9.17, 15) is 4.79 Å². The van der Waals surface area contributed by atoms with Gasteiger partial charge in [0.2, 0.25) is 5.91 Å². The molecular formula is C15H19N3O. The first kappa shape index (κ1) is 13.5. The highest BCUT2D eigenvalue weighted by Crippen LogP contribution is 2.35. The molecule has 0 bridgehead atoms. The molecule has 0 saturated heterocycles. The van der Waals surface area contributed by atoms with Crippen molar-refractivity contribution < 1.29 is 4.79 Å². The van der Waals surface area contributed by atoms with Crippen molar-refractivity contribution in [3.05, 3.63) is 30.1 Å². The number of hydrogen-bond acceptors (Lipinski definition) is 3. The lowest BCUT2D eigenvalue weighted by Gasteiger charge is -2.28. The van der Waals surface area contributed by atoms with Crippen LogP contribution in [0.25, 0.3) is 0 Å². The summed E-state index contributed by atoms with van der Waals surface area (Å²) in [6.45, 7) is 2.63. The Kier molecular flexibility index (Phi) is 4.51. The summed E-state index contributed by atoms with van der Waals surface area (Å²) in [5, 5.41) is 8.72. The predicted octanol–water partition coefficient (Wildman–Crippen LogP) is 2.16. The zero-order valence-electron chi connectivity index (χ0n) is 11.2. The number of pyridine rings is 1. The van der Waals surface area contributed by atoms with Crippen LogP contribution in [0, 0.1) is 17.2 Å². The zero-order chi connectivity index (χ0) is 13.7. The second-order valence-electron chi connectivity index (χ2n) is 5.11. The molecule has 1 amide bonds. The Hall–Kier alpha value is -1.89. The highest BCUT2D eigenvalue weighted by atomic mass is 16.2. The highest BCUT2D eigenvalue weighted by molar-refractivity contribution is 5.79. The largest absolute Gasteiger partial charge is 0.338 e. The maximum atomic E-state index is 12.4. The summed E-state index contributed by atoms with van der Waals surface area (Å²) < 4.78 is 0. The molecule has 0 radical (unpaired) electrons. The van der Waals surface area contributed by atoms with Gasteiger partial charge in [0.05, 0.1) is 18.9 Å². The average Bonchev–Trinajstić information content (AvgIpc) is 3.24. The summed E-state index contributed by atoms with van der Waals surface area (Å²) in [7, 11) is 0. The topological polar surface area (TPSA) is 57.0 Å². The lowest BCUT2D eigenvalue weighted by Crippen LogP contribution is -2.41. The van der Waals surface area contributed by atoms with Crippen molar-refractivity contribution in [1.29, 1.82) is 5.26 Å². The van der Waals surface area contributed by atoms with E-state index in [1.807, 2.05) is 17.0 Å². The molecular weight excluding hydrogens is 238 g/mol. The van der Waals surface area contributed by atoms with Crippen molar-refractivity contribution in [3.63, 3.8) is 0 Å². The van der Waals surface area contributed by atoms with Crippen molar-refractivity contribution in [1.82, 2.24) is 9.88 Å². The fourth-order valence-electron chi connectivity index (χ4n) is 2.34. The SMILES string of the molecule is C[C@H](C1CC1)N(CCC#N)C(=O)Cc1cccnc1. The van der Waals surface area contributed by atoms with Crippen LogP contribution in [-0.2, 0) is 11.2 Å². The molecule has 19 heavy (non-hydrogen) atoms. The molecule has 4 heteroatoms. The second kappa shape index (κ2) is 6.33. The molecule has 1 atom stereocenters. The van der Waals surface area contributed by atoms with Gasteiger partial charge in [-0.15, -0.1) is 0 Å². The van der Waals surface area contributed by atoms with Crippen LogP contribution in [0.2, 0.25) is 0 Å². The van der Waals surface area contributed by atoms with Gasteiger partial charge in [-0.05, 0) is 37.3 Å². The van der Waals surface area contributed by atoms with Gasteiger partial charge in [-0.2, -0.15) is 5.26 Å². The molecule has 0 unspecified atom stereocenters. The molecule has 1 fully saturated rings. The molecule has 0 spiro atoms. The molecule has 4 nitrogen and oxygen atoms in total. The van der Waals surface area contributed by atoms with E-state index in [1.165, 1.54) is 12.8 Å². The van der Waals surface area contributed by atoms with E-state index in [2.05, 4.69) is 18.0 Å². The smallest absolute Gasteiger partial charge is 0.227 e. The molecule has 1 saturated carbocycles. The third-order valence-corrected chi connectivity index (χ3v) is 3.66. The van der Waals surface area contributed by atoms with Gasteiger partial charge in [0.25, 0.3) is 0 Å². The van der Waals surface area contributed by atoms with Crippen LogP contribution in [-0.4, -0.2) is 28.4 Å². The first-order valence-corrected chi connectivity index (χ1v) is 6.77. The molecule has 1 heterocycles. The quantitative estimate of drug-likeness (QED) is 0.784. The van der Waals surface area contributed by atoms with E-state index < -0.39 is 0 Å². The van der Waals surface area contributed by atoms with Gasteiger partial charge < -0.3 is 4.90 Å². The molecule has 0 aliphatic heterocycles. The number of aromatic nitrogens is 1. The van der Waals surface area contributed by atoms with Gasteiger partial charge >= 0.3 is 0 Å². The molecule has 1 aromatic rings. The van der Waals surface area contributed by atoms with Crippen LogP contribution in [0.1, 0.15) is 31.7 Å². The predicted molar refractivity (Wildman–Crippen MR) is 72.1 cm³/mol. The fourth-order valence-corrected chi connectivity index (χ4v) is 2.34. The minimum absolute atomic E-state index is 0.0997. The first-order chi connectivity index (χ1) is 9.22. The molecule has 2 rings (SSSR count). The van der Waals surface area contributed by atoms with Crippen molar-refractivity contribution in [2.45, 2.75) is 38.6 Å².